The van der Waals surface area contributed by atoms with Gasteiger partial charge < -0.3 is 9.47 Å². The van der Waals surface area contributed by atoms with E-state index in [0.29, 0.717) is 18.5 Å². The summed E-state index contributed by atoms with van der Waals surface area (Å²) in [5, 5.41) is 8.92. The highest BCUT2D eigenvalue weighted by Gasteiger charge is 2.29. The van der Waals surface area contributed by atoms with Gasteiger partial charge in [0.25, 0.3) is 11.5 Å². The number of carbonyl (C=O) groups is 1. The van der Waals surface area contributed by atoms with Crippen LogP contribution in [0.1, 0.15) is 23.2 Å². The van der Waals surface area contributed by atoms with Crippen LogP contribution in [-0.4, -0.2) is 28.0 Å². The minimum atomic E-state index is -0.355. The van der Waals surface area contributed by atoms with Gasteiger partial charge in [-0.05, 0) is 18.9 Å². The predicted molar refractivity (Wildman–Crippen MR) is 61.4 cm³/mol. The van der Waals surface area contributed by atoms with Gasteiger partial charge in [0.1, 0.15) is 6.04 Å². The Morgan fingerprint density at radius 1 is 1.59 bits per heavy atom. The van der Waals surface area contributed by atoms with Crippen LogP contribution in [0, 0.1) is 11.3 Å². The summed E-state index contributed by atoms with van der Waals surface area (Å²) in [5.41, 5.74) is 0.138. The number of carbonyl (C=O) groups excluding carboxylic acids is 1. The smallest absolute Gasteiger partial charge is 0.255 e. The zero-order chi connectivity index (χ0) is 12.4. The fourth-order valence-electron chi connectivity index (χ4n) is 1.99. The van der Waals surface area contributed by atoms with Crippen LogP contribution in [0.25, 0.3) is 0 Å². The van der Waals surface area contributed by atoms with Gasteiger partial charge in [-0.25, -0.2) is 0 Å². The fraction of sp³-hybridized carbons (Fsp3) is 0.417. The lowest BCUT2D eigenvalue weighted by Gasteiger charge is -2.19. The Balaban J connectivity index is 2.28. The molecule has 1 amide bonds. The van der Waals surface area contributed by atoms with E-state index in [0.717, 1.165) is 6.42 Å². The molecule has 0 saturated carbocycles. The first-order chi connectivity index (χ1) is 8.13. The molecule has 0 aliphatic carbocycles. The van der Waals surface area contributed by atoms with Crippen LogP contribution in [0.4, 0.5) is 0 Å². The summed E-state index contributed by atoms with van der Waals surface area (Å²) in [5.74, 6) is -0.230. The van der Waals surface area contributed by atoms with Crippen molar-refractivity contribution in [3.8, 4) is 6.07 Å². The molecule has 1 atom stereocenters. The molecule has 0 spiro atoms. The second-order valence-corrected chi connectivity index (χ2v) is 4.15. The van der Waals surface area contributed by atoms with Crippen molar-refractivity contribution >= 4 is 5.91 Å². The molecule has 1 aliphatic rings. The summed E-state index contributed by atoms with van der Waals surface area (Å²) in [6, 6.07) is 4.68. The average molecular weight is 231 g/mol. The molecule has 88 valence electrons. The van der Waals surface area contributed by atoms with E-state index in [1.54, 1.807) is 19.3 Å². The van der Waals surface area contributed by atoms with E-state index in [-0.39, 0.29) is 17.5 Å². The highest BCUT2D eigenvalue weighted by molar-refractivity contribution is 5.94. The molecule has 0 N–H and O–H groups in total. The molecule has 1 saturated heterocycles. The molecule has 1 aliphatic heterocycles. The van der Waals surface area contributed by atoms with Gasteiger partial charge in [0.05, 0.1) is 6.07 Å². The number of pyridine rings is 1. The maximum atomic E-state index is 12.1. The molecule has 0 bridgehead atoms. The van der Waals surface area contributed by atoms with E-state index >= 15 is 0 Å². The number of rotatable bonds is 1. The van der Waals surface area contributed by atoms with E-state index in [4.69, 9.17) is 5.26 Å². The van der Waals surface area contributed by atoms with Gasteiger partial charge >= 0.3 is 0 Å². The van der Waals surface area contributed by atoms with Gasteiger partial charge in [-0.2, -0.15) is 5.26 Å². The number of amides is 1. The van der Waals surface area contributed by atoms with Gasteiger partial charge in [0.2, 0.25) is 0 Å². The number of nitrogens with zero attached hydrogens (tertiary/aromatic N) is 3. The predicted octanol–water partition coefficient (Wildman–Crippen LogP) is 0.513. The lowest BCUT2D eigenvalue weighted by Crippen LogP contribution is -2.35. The summed E-state index contributed by atoms with van der Waals surface area (Å²) in [6.45, 7) is 0.590. The summed E-state index contributed by atoms with van der Waals surface area (Å²) in [6.07, 6.45) is 3.12. The first kappa shape index (κ1) is 11.4. The Morgan fingerprint density at radius 2 is 2.35 bits per heavy atom. The molecule has 17 heavy (non-hydrogen) atoms. The normalized spacial score (nSPS) is 19.1. The van der Waals surface area contributed by atoms with Crippen LogP contribution < -0.4 is 5.56 Å². The van der Waals surface area contributed by atoms with E-state index in [1.165, 1.54) is 15.5 Å². The van der Waals surface area contributed by atoms with Crippen molar-refractivity contribution in [1.82, 2.24) is 9.47 Å². The minimum Gasteiger partial charge on any atom is -0.323 e. The molecule has 5 nitrogen and oxygen atoms in total. The largest absolute Gasteiger partial charge is 0.323 e. The number of aryl methyl sites for hydroxylation is 1. The minimum absolute atomic E-state index is 0.219. The van der Waals surface area contributed by atoms with E-state index in [2.05, 4.69) is 6.07 Å². The van der Waals surface area contributed by atoms with Crippen LogP contribution in [0.3, 0.4) is 0 Å². The van der Waals surface area contributed by atoms with Gasteiger partial charge in [-0.3, -0.25) is 9.59 Å². The van der Waals surface area contributed by atoms with Gasteiger partial charge in [0, 0.05) is 31.4 Å². The lowest BCUT2D eigenvalue weighted by molar-refractivity contribution is 0.0764. The molecule has 1 unspecified atom stereocenters. The summed E-state index contributed by atoms with van der Waals surface area (Å²) >= 11 is 0. The fourth-order valence-corrected chi connectivity index (χ4v) is 1.99. The maximum absolute atomic E-state index is 12.1. The number of likely N-dealkylation sites (tertiary alicyclic amines) is 1. The van der Waals surface area contributed by atoms with Crippen LogP contribution in [-0.2, 0) is 7.05 Å². The van der Waals surface area contributed by atoms with E-state index in [9.17, 15) is 9.59 Å². The Labute approximate surface area is 98.9 Å². The van der Waals surface area contributed by atoms with Crippen molar-refractivity contribution in [1.29, 1.82) is 5.26 Å². The maximum Gasteiger partial charge on any atom is 0.255 e. The molecule has 0 aromatic carbocycles. The quantitative estimate of drug-likeness (QED) is 0.707. The van der Waals surface area contributed by atoms with E-state index < -0.39 is 0 Å². The van der Waals surface area contributed by atoms with Crippen molar-refractivity contribution in [2.45, 2.75) is 18.9 Å². The van der Waals surface area contributed by atoms with Crippen molar-refractivity contribution < 1.29 is 4.79 Å². The number of hydrogen-bond acceptors (Lipinski definition) is 3. The Kier molecular flexibility index (Phi) is 2.96. The van der Waals surface area contributed by atoms with Gasteiger partial charge in [-0.15, -0.1) is 0 Å². The number of aromatic nitrogens is 1. The molecular weight excluding hydrogens is 218 g/mol. The summed E-state index contributed by atoms with van der Waals surface area (Å²) in [4.78, 5) is 25.1. The molecule has 2 rings (SSSR count). The Morgan fingerprint density at radius 3 is 3.00 bits per heavy atom. The van der Waals surface area contributed by atoms with Gasteiger partial charge in [-0.1, -0.05) is 0 Å². The third kappa shape index (κ3) is 2.07. The first-order valence-electron chi connectivity index (χ1n) is 5.51. The lowest BCUT2D eigenvalue weighted by atomic mass is 10.2. The Hall–Kier alpha value is -2.09. The zero-order valence-electron chi connectivity index (χ0n) is 9.59. The topological polar surface area (TPSA) is 66.1 Å². The summed E-state index contributed by atoms with van der Waals surface area (Å²) in [7, 11) is 1.63. The molecule has 0 radical (unpaired) electrons. The van der Waals surface area contributed by atoms with Crippen LogP contribution in [0.5, 0.6) is 0 Å². The highest BCUT2D eigenvalue weighted by Crippen LogP contribution is 2.18. The third-order valence-corrected chi connectivity index (χ3v) is 3.01. The first-order valence-corrected chi connectivity index (χ1v) is 5.51. The van der Waals surface area contributed by atoms with Crippen LogP contribution in [0.15, 0.2) is 23.1 Å². The van der Waals surface area contributed by atoms with Crippen LogP contribution in [0.2, 0.25) is 0 Å². The van der Waals surface area contributed by atoms with Crippen molar-refractivity contribution in [2.75, 3.05) is 6.54 Å². The summed E-state index contributed by atoms with van der Waals surface area (Å²) < 4.78 is 1.41. The van der Waals surface area contributed by atoms with Crippen molar-refractivity contribution in [2.24, 2.45) is 7.05 Å². The molecular formula is C12H13N3O2. The standard InChI is InChI=1S/C12H13N3O2/c1-14-6-4-9(7-11(14)16)12(17)15-5-2-3-10(15)8-13/h4,6-7,10H,2-3,5H2,1H3. The van der Waals surface area contributed by atoms with E-state index in [1.807, 2.05) is 0 Å². The molecule has 1 aromatic rings. The molecule has 1 aromatic heterocycles. The molecule has 1 fully saturated rings. The monoisotopic (exact) mass is 231 g/mol. The average Bonchev–Trinajstić information content (AvgIpc) is 2.80. The molecule has 2 heterocycles. The number of nitriles is 1. The number of hydrogen-bond donors (Lipinski definition) is 0. The van der Waals surface area contributed by atoms with Crippen molar-refractivity contribution in [3.63, 3.8) is 0 Å². The zero-order valence-corrected chi connectivity index (χ0v) is 9.59. The van der Waals surface area contributed by atoms with Gasteiger partial charge in [0.15, 0.2) is 0 Å². The van der Waals surface area contributed by atoms with Crippen molar-refractivity contribution in [3.05, 3.63) is 34.2 Å². The SMILES string of the molecule is Cn1ccc(C(=O)N2CCCC2C#N)cc1=O. The Bertz CT molecular complexity index is 541. The second kappa shape index (κ2) is 4.42. The molecule has 5 heteroatoms. The van der Waals surface area contributed by atoms with Crippen LogP contribution >= 0.6 is 0 Å². The highest BCUT2D eigenvalue weighted by atomic mass is 16.2. The second-order valence-electron chi connectivity index (χ2n) is 4.15. The third-order valence-electron chi connectivity index (χ3n) is 3.01.